The third-order valence-corrected chi connectivity index (χ3v) is 5.46. The predicted molar refractivity (Wildman–Crippen MR) is 111 cm³/mol. The van der Waals surface area contributed by atoms with Gasteiger partial charge in [-0.15, -0.1) is 0 Å². The van der Waals surface area contributed by atoms with Gasteiger partial charge in [-0.2, -0.15) is 5.10 Å². The maximum absolute atomic E-state index is 13.8. The molecule has 28 heavy (non-hydrogen) atoms. The molecule has 0 saturated carbocycles. The van der Waals surface area contributed by atoms with Crippen molar-refractivity contribution in [3.63, 3.8) is 0 Å². The zero-order valence-electron chi connectivity index (χ0n) is 14.8. The lowest BCUT2D eigenvalue weighted by molar-refractivity contribution is 0.153. The largest absolute Gasteiger partial charge is 0.264 e. The van der Waals surface area contributed by atoms with Crippen LogP contribution in [0.3, 0.4) is 0 Å². The Labute approximate surface area is 174 Å². The predicted octanol–water partition coefficient (Wildman–Crippen LogP) is 6.81. The second kappa shape index (κ2) is 7.60. The van der Waals surface area contributed by atoms with Crippen molar-refractivity contribution in [2.24, 2.45) is 0 Å². The molecule has 142 valence electrons. The van der Waals surface area contributed by atoms with E-state index >= 15 is 0 Å². The number of nitrogens with zero attached hydrogens (tertiary/aromatic N) is 3. The van der Waals surface area contributed by atoms with E-state index in [9.17, 15) is 8.78 Å². The Morgan fingerprint density at radius 2 is 1.82 bits per heavy atom. The molecule has 3 nitrogen and oxygen atoms in total. The third-order valence-electron chi connectivity index (χ3n) is 4.56. The molecule has 2 aromatic carbocycles. The molecule has 7 heteroatoms. The van der Waals surface area contributed by atoms with Crippen LogP contribution in [-0.2, 0) is 6.54 Å². The monoisotopic (exact) mass is 461 g/mol. The number of aromatic nitrogens is 3. The Morgan fingerprint density at radius 3 is 2.50 bits per heavy atom. The minimum absolute atomic E-state index is 0.0640. The zero-order valence-corrected chi connectivity index (χ0v) is 17.2. The van der Waals surface area contributed by atoms with E-state index in [1.54, 1.807) is 17.7 Å². The maximum atomic E-state index is 13.8. The Balaban J connectivity index is 1.92. The summed E-state index contributed by atoms with van der Waals surface area (Å²) in [6.07, 6.45) is -2.63. The Kier molecular flexibility index (Phi) is 5.17. The Morgan fingerprint density at radius 1 is 1.11 bits per heavy atom. The lowest BCUT2D eigenvalue weighted by Gasteiger charge is -2.09. The highest BCUT2D eigenvalue weighted by molar-refractivity contribution is 9.10. The summed E-state index contributed by atoms with van der Waals surface area (Å²) < 4.78 is 30.2. The van der Waals surface area contributed by atoms with Crippen molar-refractivity contribution in [3.8, 4) is 11.3 Å². The molecule has 0 saturated heterocycles. The highest BCUT2D eigenvalue weighted by Crippen LogP contribution is 2.33. The summed E-state index contributed by atoms with van der Waals surface area (Å²) in [5, 5.41) is 5.46. The molecule has 2 heterocycles. The maximum Gasteiger partial charge on any atom is 0.264 e. The first kappa shape index (κ1) is 19.0. The molecule has 4 rings (SSSR count). The molecular weight excluding hydrogens is 448 g/mol. The van der Waals surface area contributed by atoms with Gasteiger partial charge in [-0.05, 0) is 36.8 Å². The topological polar surface area (TPSA) is 30.7 Å². The first-order chi connectivity index (χ1) is 13.4. The number of aryl methyl sites for hydroxylation is 1. The summed E-state index contributed by atoms with van der Waals surface area (Å²) in [5.74, 6) is 0. The summed E-state index contributed by atoms with van der Waals surface area (Å²) in [4.78, 5) is 4.67. The first-order valence-corrected chi connectivity index (χ1v) is 9.76. The second-order valence-corrected chi connectivity index (χ2v) is 7.76. The summed E-state index contributed by atoms with van der Waals surface area (Å²) in [6, 6.07) is 16.3. The molecule has 0 fully saturated rings. The molecular formula is C21H15BrClF2N3. The number of halogens is 4. The molecule has 0 atom stereocenters. The standard InChI is InChI=1S/C21H15BrClF2N3/c1-12-19-16(20(24)25)10-18(13-6-8-15(22)9-7-13)26-21(19)28(27-12)11-14-4-2-3-5-17(14)23/h2-10,20H,11H2,1H3. The van der Waals surface area contributed by atoms with Gasteiger partial charge in [-0.1, -0.05) is 57.9 Å². The van der Waals surface area contributed by atoms with E-state index in [1.165, 1.54) is 6.07 Å². The fourth-order valence-electron chi connectivity index (χ4n) is 3.23. The quantitative estimate of drug-likeness (QED) is 0.333. The average molecular weight is 463 g/mol. The first-order valence-electron chi connectivity index (χ1n) is 8.59. The fourth-order valence-corrected chi connectivity index (χ4v) is 3.69. The lowest BCUT2D eigenvalue weighted by atomic mass is 10.1. The Hall–Kier alpha value is -2.31. The van der Waals surface area contributed by atoms with Crippen molar-refractivity contribution >= 4 is 38.6 Å². The van der Waals surface area contributed by atoms with E-state index in [0.717, 1.165) is 15.6 Å². The van der Waals surface area contributed by atoms with Crippen LogP contribution in [0.2, 0.25) is 5.02 Å². The van der Waals surface area contributed by atoms with E-state index in [4.69, 9.17) is 11.6 Å². The van der Waals surface area contributed by atoms with Gasteiger partial charge in [-0.25, -0.2) is 18.4 Å². The molecule has 0 aliphatic carbocycles. The molecule has 0 spiro atoms. The van der Waals surface area contributed by atoms with E-state index in [0.29, 0.717) is 34.0 Å². The molecule has 0 unspecified atom stereocenters. The summed E-state index contributed by atoms with van der Waals surface area (Å²) in [5.41, 5.74) is 2.97. The number of alkyl halides is 2. The van der Waals surface area contributed by atoms with Crippen LogP contribution < -0.4 is 0 Å². The van der Waals surface area contributed by atoms with Gasteiger partial charge in [-0.3, -0.25) is 0 Å². The molecule has 0 radical (unpaired) electrons. The molecule has 2 aromatic heterocycles. The van der Waals surface area contributed by atoms with Crippen molar-refractivity contribution in [2.75, 3.05) is 0 Å². The summed E-state index contributed by atoms with van der Waals surface area (Å²) >= 11 is 9.66. The molecule has 0 N–H and O–H groups in total. The second-order valence-electron chi connectivity index (χ2n) is 6.44. The van der Waals surface area contributed by atoms with Gasteiger partial charge in [0.05, 0.1) is 23.3 Å². The van der Waals surface area contributed by atoms with Crippen molar-refractivity contribution < 1.29 is 8.78 Å². The fraction of sp³-hybridized carbons (Fsp3) is 0.143. The van der Waals surface area contributed by atoms with Gasteiger partial charge >= 0.3 is 0 Å². The van der Waals surface area contributed by atoms with Gasteiger partial charge in [0.25, 0.3) is 6.43 Å². The minimum atomic E-state index is -2.63. The number of rotatable bonds is 4. The van der Waals surface area contributed by atoms with E-state index in [1.807, 2.05) is 42.5 Å². The van der Waals surface area contributed by atoms with Gasteiger partial charge < -0.3 is 0 Å². The Bertz CT molecular complexity index is 1160. The number of benzene rings is 2. The average Bonchev–Trinajstić information content (AvgIpc) is 2.99. The van der Waals surface area contributed by atoms with Crippen LogP contribution in [-0.4, -0.2) is 14.8 Å². The molecule has 0 bridgehead atoms. The van der Waals surface area contributed by atoms with Crippen molar-refractivity contribution in [2.45, 2.75) is 19.9 Å². The molecule has 0 amide bonds. The van der Waals surface area contributed by atoms with Crippen molar-refractivity contribution in [1.29, 1.82) is 0 Å². The van der Waals surface area contributed by atoms with Gasteiger partial charge in [0, 0.05) is 20.6 Å². The third kappa shape index (κ3) is 3.54. The highest BCUT2D eigenvalue weighted by Gasteiger charge is 2.21. The molecule has 0 aliphatic heterocycles. The number of hydrogen-bond donors (Lipinski definition) is 0. The van der Waals surface area contributed by atoms with Crippen LogP contribution in [0.25, 0.3) is 22.3 Å². The normalized spacial score (nSPS) is 11.5. The minimum Gasteiger partial charge on any atom is -0.242 e. The van der Waals surface area contributed by atoms with Crippen LogP contribution in [0.5, 0.6) is 0 Å². The van der Waals surface area contributed by atoms with Crippen molar-refractivity contribution in [1.82, 2.24) is 14.8 Å². The van der Waals surface area contributed by atoms with E-state index < -0.39 is 6.43 Å². The van der Waals surface area contributed by atoms with Crippen LogP contribution in [0.1, 0.15) is 23.2 Å². The van der Waals surface area contributed by atoms with Crippen LogP contribution in [0.15, 0.2) is 59.1 Å². The smallest absolute Gasteiger partial charge is 0.242 e. The van der Waals surface area contributed by atoms with Gasteiger partial charge in [0.15, 0.2) is 5.65 Å². The summed E-state index contributed by atoms with van der Waals surface area (Å²) in [6.45, 7) is 2.07. The van der Waals surface area contributed by atoms with Crippen LogP contribution >= 0.6 is 27.5 Å². The molecule has 0 aliphatic rings. The van der Waals surface area contributed by atoms with E-state index in [-0.39, 0.29) is 5.56 Å². The zero-order chi connectivity index (χ0) is 19.8. The number of pyridine rings is 1. The number of hydrogen-bond acceptors (Lipinski definition) is 2. The lowest BCUT2D eigenvalue weighted by Crippen LogP contribution is -2.04. The molecule has 4 aromatic rings. The number of fused-ring (bicyclic) bond motifs is 1. The van der Waals surface area contributed by atoms with Gasteiger partial charge in [0.2, 0.25) is 0 Å². The SMILES string of the molecule is Cc1nn(Cc2ccccc2Cl)c2nc(-c3ccc(Br)cc3)cc(C(F)F)c12. The van der Waals surface area contributed by atoms with E-state index in [2.05, 4.69) is 26.0 Å². The highest BCUT2D eigenvalue weighted by atomic mass is 79.9. The summed E-state index contributed by atoms with van der Waals surface area (Å²) in [7, 11) is 0. The van der Waals surface area contributed by atoms with Crippen molar-refractivity contribution in [3.05, 3.63) is 80.9 Å². The van der Waals surface area contributed by atoms with Crippen LogP contribution in [0, 0.1) is 6.92 Å². The van der Waals surface area contributed by atoms with Crippen LogP contribution in [0.4, 0.5) is 8.78 Å². The van der Waals surface area contributed by atoms with Gasteiger partial charge in [0.1, 0.15) is 0 Å².